The highest BCUT2D eigenvalue weighted by molar-refractivity contribution is 7.12. The fraction of sp³-hybridized carbons (Fsp3) is 0.318. The molecule has 0 aliphatic rings. The van der Waals surface area contributed by atoms with E-state index in [2.05, 4.69) is 20.3 Å². The van der Waals surface area contributed by atoms with Crippen molar-refractivity contribution in [3.05, 3.63) is 52.5 Å². The highest BCUT2D eigenvalue weighted by Gasteiger charge is 2.17. The number of nitrogen functional groups attached to an aromatic ring is 1. The summed E-state index contributed by atoms with van der Waals surface area (Å²) in [7, 11) is 0. The first-order valence-corrected chi connectivity index (χ1v) is 11.1. The van der Waals surface area contributed by atoms with Crippen LogP contribution >= 0.6 is 11.3 Å². The third kappa shape index (κ3) is 4.68. The number of anilines is 1. The molecule has 4 N–H and O–H groups in total. The largest absolute Gasteiger partial charge is 0.382 e. The van der Waals surface area contributed by atoms with E-state index in [-0.39, 0.29) is 11.9 Å². The van der Waals surface area contributed by atoms with Crippen molar-refractivity contribution in [1.82, 2.24) is 25.3 Å². The van der Waals surface area contributed by atoms with E-state index in [1.165, 1.54) is 11.3 Å². The zero-order valence-corrected chi connectivity index (χ0v) is 18.4. The van der Waals surface area contributed by atoms with Crippen LogP contribution in [-0.4, -0.2) is 33.0 Å². The van der Waals surface area contributed by atoms with E-state index in [1.54, 1.807) is 0 Å². The van der Waals surface area contributed by atoms with E-state index in [0.29, 0.717) is 35.9 Å². The van der Waals surface area contributed by atoms with Gasteiger partial charge in [0.05, 0.1) is 15.9 Å². The maximum Gasteiger partial charge on any atom is 0.261 e. The molecule has 162 valence electrons. The van der Waals surface area contributed by atoms with E-state index in [1.807, 2.05) is 55.6 Å². The van der Waals surface area contributed by atoms with Gasteiger partial charge in [-0.15, -0.1) is 11.3 Å². The number of nitrogens with two attached hydrogens (primary N) is 1. The lowest BCUT2D eigenvalue weighted by Gasteiger charge is -2.13. The summed E-state index contributed by atoms with van der Waals surface area (Å²) in [5, 5.41) is 5.87. The first kappa shape index (κ1) is 21.2. The molecule has 0 fully saturated rings. The highest BCUT2D eigenvalue weighted by atomic mass is 32.1. The Morgan fingerprint density at radius 3 is 2.84 bits per heavy atom. The number of nitrogens with zero attached hydrogens (tertiary/aromatic N) is 3. The first-order valence-electron chi connectivity index (χ1n) is 10.3. The van der Waals surface area contributed by atoms with E-state index in [4.69, 9.17) is 15.6 Å². The normalized spacial score (nSPS) is 11.6. The molecule has 0 aliphatic heterocycles. The zero-order chi connectivity index (χ0) is 21.8. The number of aromatic nitrogens is 3. The van der Waals surface area contributed by atoms with Crippen LogP contribution in [0.1, 0.15) is 35.8 Å². The van der Waals surface area contributed by atoms with E-state index in [9.17, 15) is 4.79 Å². The fourth-order valence-corrected chi connectivity index (χ4v) is 4.10. The standard InChI is InChI=1S/C22H26N6O2S/c1-14(2)27-30-13-18-26-19-20(15-7-3-4-8-16(15)25-21(19)23)28(18)11-6-10-24-22(29)17-9-5-12-31-17/h3-5,7-9,12,14,27H,6,10-11,13H2,1-2H3,(H2,23,25)(H,24,29). The summed E-state index contributed by atoms with van der Waals surface area (Å²) in [4.78, 5) is 27.8. The molecule has 0 radical (unpaired) electrons. The number of thiophene rings is 1. The van der Waals surface area contributed by atoms with Gasteiger partial charge in [0, 0.05) is 24.5 Å². The minimum atomic E-state index is -0.0472. The molecule has 0 spiro atoms. The second-order valence-corrected chi connectivity index (χ2v) is 8.49. The summed E-state index contributed by atoms with van der Waals surface area (Å²) in [6.45, 7) is 5.53. The van der Waals surface area contributed by atoms with Crippen LogP contribution in [0.15, 0.2) is 41.8 Å². The van der Waals surface area contributed by atoms with Crippen LogP contribution in [0.3, 0.4) is 0 Å². The molecule has 4 rings (SSSR count). The number of imidazole rings is 1. The lowest BCUT2D eigenvalue weighted by atomic mass is 10.2. The van der Waals surface area contributed by atoms with Crippen LogP contribution in [0.25, 0.3) is 21.9 Å². The number of rotatable bonds is 9. The molecule has 4 aromatic rings. The molecule has 8 nitrogen and oxygen atoms in total. The van der Waals surface area contributed by atoms with Gasteiger partial charge in [-0.05, 0) is 37.8 Å². The number of hydroxylamine groups is 1. The van der Waals surface area contributed by atoms with Crippen LogP contribution in [0.5, 0.6) is 0 Å². The molecule has 3 aromatic heterocycles. The van der Waals surface area contributed by atoms with E-state index >= 15 is 0 Å². The van der Waals surface area contributed by atoms with Crippen molar-refractivity contribution < 1.29 is 9.63 Å². The van der Waals surface area contributed by atoms with Gasteiger partial charge in [-0.3, -0.25) is 9.63 Å². The monoisotopic (exact) mass is 438 g/mol. The molecule has 3 heterocycles. The molecule has 0 unspecified atom stereocenters. The summed E-state index contributed by atoms with van der Waals surface area (Å²) < 4.78 is 2.12. The Balaban J connectivity index is 1.59. The van der Waals surface area contributed by atoms with E-state index < -0.39 is 0 Å². The van der Waals surface area contributed by atoms with Crippen LogP contribution in [0.4, 0.5) is 5.82 Å². The Bertz CT molecular complexity index is 1190. The van der Waals surface area contributed by atoms with Gasteiger partial charge in [0.2, 0.25) is 0 Å². The summed E-state index contributed by atoms with van der Waals surface area (Å²) in [5.41, 5.74) is 11.6. The number of hydrogen-bond acceptors (Lipinski definition) is 7. The Hall–Kier alpha value is -3.01. The molecule has 0 bridgehead atoms. The smallest absolute Gasteiger partial charge is 0.261 e. The average Bonchev–Trinajstić information content (AvgIpc) is 3.40. The molecular formula is C22H26N6O2S. The van der Waals surface area contributed by atoms with Crippen molar-refractivity contribution in [2.24, 2.45) is 0 Å². The van der Waals surface area contributed by atoms with Crippen LogP contribution in [0.2, 0.25) is 0 Å². The molecule has 1 amide bonds. The maximum absolute atomic E-state index is 12.2. The number of carbonyl (C=O) groups is 1. The Labute approximate surface area is 184 Å². The maximum atomic E-state index is 12.2. The molecule has 31 heavy (non-hydrogen) atoms. The van der Waals surface area contributed by atoms with Crippen molar-refractivity contribution in [3.63, 3.8) is 0 Å². The number of amides is 1. The first-order chi connectivity index (χ1) is 15.0. The SMILES string of the molecule is CC(C)NOCc1nc2c(N)nc3ccccc3c2n1CCCNC(=O)c1cccs1. The Morgan fingerprint density at radius 2 is 2.06 bits per heavy atom. The van der Waals surface area contributed by atoms with Gasteiger partial charge >= 0.3 is 0 Å². The fourth-order valence-electron chi connectivity index (χ4n) is 3.46. The summed E-state index contributed by atoms with van der Waals surface area (Å²) in [6.07, 6.45) is 0.740. The number of hydrogen-bond donors (Lipinski definition) is 3. The lowest BCUT2D eigenvalue weighted by molar-refractivity contribution is 0.00661. The minimum Gasteiger partial charge on any atom is -0.382 e. The van der Waals surface area contributed by atoms with E-state index in [0.717, 1.165) is 28.7 Å². The van der Waals surface area contributed by atoms with Crippen molar-refractivity contribution in [2.45, 2.75) is 39.5 Å². The van der Waals surface area contributed by atoms with Crippen LogP contribution in [0, 0.1) is 0 Å². The molecular weight excluding hydrogens is 412 g/mol. The summed E-state index contributed by atoms with van der Waals surface area (Å²) >= 11 is 1.43. The van der Waals surface area contributed by atoms with Crippen molar-refractivity contribution in [1.29, 1.82) is 0 Å². The van der Waals surface area contributed by atoms with Crippen molar-refractivity contribution >= 4 is 45.0 Å². The predicted molar refractivity (Wildman–Crippen MR) is 124 cm³/mol. The van der Waals surface area contributed by atoms with Gasteiger partial charge in [0.15, 0.2) is 5.82 Å². The molecule has 0 aliphatic carbocycles. The summed E-state index contributed by atoms with van der Waals surface area (Å²) in [6, 6.07) is 11.8. The van der Waals surface area contributed by atoms with Gasteiger partial charge in [-0.1, -0.05) is 24.3 Å². The Kier molecular flexibility index (Phi) is 6.45. The van der Waals surface area contributed by atoms with Gasteiger partial charge in [-0.25, -0.2) is 9.97 Å². The molecule has 0 saturated carbocycles. The molecule has 0 atom stereocenters. The third-order valence-electron chi connectivity index (χ3n) is 4.80. The van der Waals surface area contributed by atoms with Crippen molar-refractivity contribution in [3.8, 4) is 0 Å². The number of para-hydroxylation sites is 1. The molecule has 0 saturated heterocycles. The number of nitrogens with one attached hydrogen (secondary N) is 2. The Morgan fingerprint density at radius 1 is 1.23 bits per heavy atom. The third-order valence-corrected chi connectivity index (χ3v) is 5.67. The number of benzene rings is 1. The van der Waals surface area contributed by atoms with Gasteiger partial charge in [0.25, 0.3) is 5.91 Å². The minimum absolute atomic E-state index is 0.0472. The van der Waals surface area contributed by atoms with Crippen molar-refractivity contribution in [2.75, 3.05) is 12.3 Å². The average molecular weight is 439 g/mol. The molecule has 9 heteroatoms. The number of fused-ring (bicyclic) bond motifs is 3. The number of pyridine rings is 1. The number of carbonyl (C=O) groups excluding carboxylic acids is 1. The highest BCUT2D eigenvalue weighted by Crippen LogP contribution is 2.29. The topological polar surface area (TPSA) is 107 Å². The van der Waals surface area contributed by atoms with Gasteiger partial charge < -0.3 is 15.6 Å². The van der Waals surface area contributed by atoms with Gasteiger partial charge in [-0.2, -0.15) is 5.48 Å². The quantitative estimate of drug-likeness (QED) is 0.273. The molecule has 1 aromatic carbocycles. The zero-order valence-electron chi connectivity index (χ0n) is 17.6. The summed E-state index contributed by atoms with van der Waals surface area (Å²) in [5.74, 6) is 1.11. The predicted octanol–water partition coefficient (Wildman–Crippen LogP) is 3.48. The van der Waals surface area contributed by atoms with Crippen LogP contribution in [-0.2, 0) is 18.0 Å². The second-order valence-electron chi connectivity index (χ2n) is 7.54. The van der Waals surface area contributed by atoms with Gasteiger partial charge in [0.1, 0.15) is 17.9 Å². The van der Waals surface area contributed by atoms with Crippen LogP contribution < -0.4 is 16.5 Å². The number of aryl methyl sites for hydroxylation is 1. The second kappa shape index (κ2) is 9.42. The lowest BCUT2D eigenvalue weighted by Crippen LogP contribution is -2.25.